The molecule has 27 heavy (non-hydrogen) atoms. The van der Waals surface area contributed by atoms with E-state index in [1.165, 1.54) is 0 Å². The van der Waals surface area contributed by atoms with Gasteiger partial charge < -0.3 is 20.7 Å². The van der Waals surface area contributed by atoms with Gasteiger partial charge in [0.1, 0.15) is 5.75 Å². The number of methoxy groups -OCH3 is 1. The quantitative estimate of drug-likeness (QED) is 0.709. The molecular formula is C20H24ClN3O3. The summed E-state index contributed by atoms with van der Waals surface area (Å²) < 4.78 is 5.11. The largest absolute Gasteiger partial charge is 0.497 e. The van der Waals surface area contributed by atoms with Gasteiger partial charge in [0, 0.05) is 11.6 Å². The number of nitrogens with one attached hydrogen (secondary N) is 3. The van der Waals surface area contributed by atoms with Crippen molar-refractivity contribution in [3.05, 3.63) is 54.1 Å². The van der Waals surface area contributed by atoms with Crippen LogP contribution in [0.1, 0.15) is 17.3 Å². The molecule has 1 atom stereocenters. The predicted molar refractivity (Wildman–Crippen MR) is 109 cm³/mol. The third kappa shape index (κ3) is 4.99. The van der Waals surface area contributed by atoms with E-state index in [2.05, 4.69) is 16.0 Å². The third-order valence-corrected chi connectivity index (χ3v) is 4.71. The summed E-state index contributed by atoms with van der Waals surface area (Å²) in [5.41, 5.74) is 1.60. The molecule has 1 unspecified atom stereocenters. The zero-order chi connectivity index (χ0) is 18.5. The first-order valence-corrected chi connectivity index (χ1v) is 8.64. The van der Waals surface area contributed by atoms with Gasteiger partial charge in [-0.25, -0.2) is 0 Å². The van der Waals surface area contributed by atoms with Gasteiger partial charge in [-0.1, -0.05) is 19.1 Å². The summed E-state index contributed by atoms with van der Waals surface area (Å²) in [5.74, 6) is 0.615. The molecule has 1 saturated heterocycles. The van der Waals surface area contributed by atoms with Crippen LogP contribution in [-0.4, -0.2) is 32.0 Å². The van der Waals surface area contributed by atoms with Crippen LogP contribution in [0.25, 0.3) is 0 Å². The Labute approximate surface area is 165 Å². The first-order chi connectivity index (χ1) is 12.6. The fraction of sp³-hybridized carbons (Fsp3) is 0.300. The molecule has 2 aromatic rings. The second-order valence-electron chi connectivity index (χ2n) is 6.42. The van der Waals surface area contributed by atoms with Crippen molar-refractivity contribution in [2.24, 2.45) is 11.8 Å². The van der Waals surface area contributed by atoms with E-state index in [1.807, 2.05) is 6.92 Å². The van der Waals surface area contributed by atoms with E-state index in [9.17, 15) is 9.59 Å². The maximum Gasteiger partial charge on any atom is 0.257 e. The zero-order valence-electron chi connectivity index (χ0n) is 15.3. The molecule has 1 aliphatic heterocycles. The van der Waals surface area contributed by atoms with Gasteiger partial charge in [0.25, 0.3) is 5.91 Å². The Kier molecular flexibility index (Phi) is 7.21. The highest BCUT2D eigenvalue weighted by atomic mass is 35.5. The van der Waals surface area contributed by atoms with Crippen molar-refractivity contribution in [3.63, 3.8) is 0 Å². The van der Waals surface area contributed by atoms with Gasteiger partial charge in [-0.05, 0) is 55.4 Å². The molecule has 0 saturated carbocycles. The average Bonchev–Trinajstić information content (AvgIpc) is 2.61. The first-order valence-electron chi connectivity index (χ1n) is 8.64. The molecular weight excluding hydrogens is 366 g/mol. The second kappa shape index (κ2) is 9.39. The number of halogens is 1. The lowest BCUT2D eigenvalue weighted by molar-refractivity contribution is -0.121. The van der Waals surface area contributed by atoms with Crippen LogP contribution in [0.3, 0.4) is 0 Å². The smallest absolute Gasteiger partial charge is 0.257 e. The van der Waals surface area contributed by atoms with Crippen molar-refractivity contribution >= 4 is 35.6 Å². The Balaban J connectivity index is 0.00000261. The van der Waals surface area contributed by atoms with E-state index in [0.29, 0.717) is 22.9 Å². The van der Waals surface area contributed by atoms with Crippen LogP contribution >= 0.6 is 12.4 Å². The molecule has 3 rings (SSSR count). The summed E-state index contributed by atoms with van der Waals surface area (Å²) in [7, 11) is 1.59. The highest BCUT2D eigenvalue weighted by Crippen LogP contribution is 2.22. The Bertz CT molecular complexity index is 791. The maximum absolute atomic E-state index is 12.6. The number of carbonyl (C=O) groups excluding carboxylic acids is 2. The summed E-state index contributed by atoms with van der Waals surface area (Å²) in [5, 5.41) is 8.91. The number of carbonyl (C=O) groups is 2. The Morgan fingerprint density at radius 2 is 1.74 bits per heavy atom. The molecule has 0 bridgehead atoms. The van der Waals surface area contributed by atoms with Crippen molar-refractivity contribution < 1.29 is 14.3 Å². The van der Waals surface area contributed by atoms with E-state index in [4.69, 9.17) is 4.74 Å². The molecule has 0 aromatic heterocycles. The minimum Gasteiger partial charge on any atom is -0.497 e. The molecule has 1 aliphatic rings. The van der Waals surface area contributed by atoms with E-state index in [-0.39, 0.29) is 30.1 Å². The molecule has 2 amide bonds. The number of rotatable bonds is 6. The maximum atomic E-state index is 12.6. The van der Waals surface area contributed by atoms with Gasteiger partial charge in [0.2, 0.25) is 5.91 Å². The lowest BCUT2D eigenvalue weighted by atomic mass is 9.88. The summed E-state index contributed by atoms with van der Waals surface area (Å²) in [6, 6.07) is 14.1. The lowest BCUT2D eigenvalue weighted by Crippen LogP contribution is -2.48. The Hall–Kier alpha value is -2.57. The number of ether oxygens (including phenoxy) is 1. The van der Waals surface area contributed by atoms with E-state index in [0.717, 1.165) is 18.8 Å². The molecule has 0 radical (unpaired) electrons. The zero-order valence-corrected chi connectivity index (χ0v) is 16.1. The number of anilines is 2. The van der Waals surface area contributed by atoms with Crippen LogP contribution in [0.5, 0.6) is 5.75 Å². The average molecular weight is 390 g/mol. The third-order valence-electron chi connectivity index (χ3n) is 4.71. The predicted octanol–water partition coefficient (Wildman–Crippen LogP) is 3.16. The van der Waals surface area contributed by atoms with E-state index < -0.39 is 0 Å². The molecule has 7 heteroatoms. The molecule has 6 nitrogen and oxygen atoms in total. The summed E-state index contributed by atoms with van der Waals surface area (Å²) in [6.45, 7) is 3.63. The van der Waals surface area contributed by atoms with Crippen molar-refractivity contribution in [1.29, 1.82) is 0 Å². The highest BCUT2D eigenvalue weighted by molar-refractivity contribution is 6.10. The summed E-state index contributed by atoms with van der Waals surface area (Å²) in [4.78, 5) is 25.1. The van der Waals surface area contributed by atoms with Crippen molar-refractivity contribution in [3.8, 4) is 5.75 Å². The number of hydrogen-bond donors (Lipinski definition) is 3. The molecule has 144 valence electrons. The van der Waals surface area contributed by atoms with Crippen molar-refractivity contribution in [2.75, 3.05) is 30.8 Å². The SMILES string of the molecule is COc1ccc(NC(=O)c2ccccc2NC(=O)C(C)C2CNC2)cc1.Cl. The van der Waals surface area contributed by atoms with Gasteiger partial charge in [0.05, 0.1) is 18.4 Å². The Morgan fingerprint density at radius 3 is 2.33 bits per heavy atom. The van der Waals surface area contributed by atoms with Crippen LogP contribution < -0.4 is 20.7 Å². The fourth-order valence-corrected chi connectivity index (χ4v) is 2.79. The number of amides is 2. The lowest BCUT2D eigenvalue weighted by Gasteiger charge is -2.31. The molecule has 1 heterocycles. The van der Waals surface area contributed by atoms with Gasteiger partial charge in [-0.3, -0.25) is 9.59 Å². The van der Waals surface area contributed by atoms with E-state index >= 15 is 0 Å². The number of hydrogen-bond acceptors (Lipinski definition) is 4. The van der Waals surface area contributed by atoms with Crippen LogP contribution in [0.15, 0.2) is 48.5 Å². The topological polar surface area (TPSA) is 79.5 Å². The minimum atomic E-state index is -0.274. The van der Waals surface area contributed by atoms with Gasteiger partial charge in [0.15, 0.2) is 0 Å². The fourth-order valence-electron chi connectivity index (χ4n) is 2.79. The first kappa shape index (κ1) is 20.7. The second-order valence-corrected chi connectivity index (χ2v) is 6.42. The highest BCUT2D eigenvalue weighted by Gasteiger charge is 2.29. The van der Waals surface area contributed by atoms with Crippen LogP contribution in [0, 0.1) is 11.8 Å². The summed E-state index contributed by atoms with van der Waals surface area (Å²) >= 11 is 0. The van der Waals surface area contributed by atoms with Crippen molar-refractivity contribution in [2.45, 2.75) is 6.92 Å². The normalized spacial score (nSPS) is 14.3. The number of para-hydroxylation sites is 1. The van der Waals surface area contributed by atoms with E-state index in [1.54, 1.807) is 55.6 Å². The molecule has 0 spiro atoms. The Morgan fingerprint density at radius 1 is 1.07 bits per heavy atom. The van der Waals surface area contributed by atoms with Crippen LogP contribution in [-0.2, 0) is 4.79 Å². The molecule has 2 aromatic carbocycles. The summed E-state index contributed by atoms with van der Waals surface area (Å²) in [6.07, 6.45) is 0. The van der Waals surface area contributed by atoms with Crippen LogP contribution in [0.2, 0.25) is 0 Å². The standard InChI is InChI=1S/C20H23N3O3.ClH/c1-13(14-11-21-12-14)19(24)23-18-6-4-3-5-17(18)20(25)22-15-7-9-16(26-2)10-8-15;/h3-10,13-14,21H,11-12H2,1-2H3,(H,22,25)(H,23,24);1H. The van der Waals surface area contributed by atoms with Gasteiger partial charge in [-0.2, -0.15) is 0 Å². The van der Waals surface area contributed by atoms with Crippen molar-refractivity contribution in [1.82, 2.24) is 5.32 Å². The monoisotopic (exact) mass is 389 g/mol. The molecule has 0 aliphatic carbocycles. The van der Waals surface area contributed by atoms with Gasteiger partial charge >= 0.3 is 0 Å². The minimum absolute atomic E-state index is 0. The molecule has 3 N–H and O–H groups in total. The number of benzene rings is 2. The van der Waals surface area contributed by atoms with Gasteiger partial charge in [-0.15, -0.1) is 12.4 Å². The van der Waals surface area contributed by atoms with Crippen LogP contribution in [0.4, 0.5) is 11.4 Å². The molecule has 1 fully saturated rings.